The number of anilines is 1. The molecule has 7 nitrogen and oxygen atoms in total. The van der Waals surface area contributed by atoms with Gasteiger partial charge < -0.3 is 5.32 Å². The summed E-state index contributed by atoms with van der Waals surface area (Å²) in [4.78, 5) is 40.5. The van der Waals surface area contributed by atoms with E-state index in [-0.39, 0.29) is 23.4 Å². The number of pyridine rings is 1. The Morgan fingerprint density at radius 1 is 1.20 bits per heavy atom. The maximum absolute atomic E-state index is 12.3. The molecule has 0 aliphatic rings. The van der Waals surface area contributed by atoms with Crippen LogP contribution in [0, 0.1) is 0 Å². The topological polar surface area (TPSA) is 86.0 Å². The van der Waals surface area contributed by atoms with Crippen LogP contribution in [0.3, 0.4) is 0 Å². The Balaban J connectivity index is 1.92. The van der Waals surface area contributed by atoms with E-state index in [1.807, 2.05) is 0 Å². The minimum atomic E-state index is -0.465. The van der Waals surface area contributed by atoms with E-state index in [1.54, 1.807) is 24.3 Å². The molecule has 25 heavy (non-hydrogen) atoms. The molecule has 0 bridgehead atoms. The molecule has 128 valence electrons. The Bertz CT molecular complexity index is 1100. The smallest absolute Gasteiger partial charge is 0.324 e. The van der Waals surface area contributed by atoms with Crippen LogP contribution in [0.5, 0.6) is 0 Å². The first kappa shape index (κ1) is 16.9. The van der Waals surface area contributed by atoms with E-state index >= 15 is 0 Å². The lowest BCUT2D eigenvalue weighted by Crippen LogP contribution is -2.37. The van der Waals surface area contributed by atoms with Crippen LogP contribution in [0.15, 0.2) is 46.1 Å². The van der Waals surface area contributed by atoms with Crippen LogP contribution in [-0.2, 0) is 25.3 Å². The summed E-state index contributed by atoms with van der Waals surface area (Å²) >= 11 is 6.05. The Hall–Kier alpha value is -2.93. The number of hydrogen-bond acceptors (Lipinski definition) is 4. The summed E-state index contributed by atoms with van der Waals surface area (Å²) < 4.78 is 2.28. The predicted octanol–water partition coefficient (Wildman–Crippen LogP) is 1.47. The maximum Gasteiger partial charge on any atom is 0.332 e. The molecule has 0 saturated heterocycles. The van der Waals surface area contributed by atoms with Gasteiger partial charge in [-0.1, -0.05) is 29.8 Å². The normalized spacial score (nSPS) is 10.8. The van der Waals surface area contributed by atoms with Gasteiger partial charge in [0.1, 0.15) is 5.65 Å². The van der Waals surface area contributed by atoms with Crippen molar-refractivity contribution >= 4 is 34.2 Å². The van der Waals surface area contributed by atoms with E-state index in [9.17, 15) is 14.4 Å². The molecule has 1 aromatic carbocycles. The molecule has 0 atom stereocenters. The summed E-state index contributed by atoms with van der Waals surface area (Å²) in [5, 5.41) is 3.46. The van der Waals surface area contributed by atoms with Crippen LogP contribution in [0.1, 0.15) is 5.56 Å². The van der Waals surface area contributed by atoms with Crippen molar-refractivity contribution in [3.8, 4) is 0 Å². The van der Waals surface area contributed by atoms with Gasteiger partial charge in [0.25, 0.3) is 5.56 Å². The number of carbonyl (C=O) groups excluding carboxylic acids is 1. The highest BCUT2D eigenvalue weighted by Gasteiger charge is 2.12. The highest BCUT2D eigenvalue weighted by atomic mass is 35.5. The molecule has 2 aromatic heterocycles. The summed E-state index contributed by atoms with van der Waals surface area (Å²) in [6.45, 7) is 0. The average Bonchev–Trinajstić information content (AvgIpc) is 2.60. The van der Waals surface area contributed by atoms with E-state index in [4.69, 9.17) is 11.6 Å². The van der Waals surface area contributed by atoms with Crippen molar-refractivity contribution in [2.75, 3.05) is 5.32 Å². The molecular weight excluding hydrogens is 344 g/mol. The first-order chi connectivity index (χ1) is 11.9. The predicted molar refractivity (Wildman–Crippen MR) is 96.0 cm³/mol. The van der Waals surface area contributed by atoms with Crippen LogP contribution in [-0.4, -0.2) is 20.0 Å². The second-order valence-corrected chi connectivity index (χ2v) is 6.02. The molecule has 3 rings (SSSR count). The molecule has 2 heterocycles. The third-order valence-electron chi connectivity index (χ3n) is 3.89. The standard InChI is InChI=1S/C17H15ClN4O3/c1-21-15-12(16(24)22(2)17(21)25)8-11(9-19-15)20-14(23)7-10-5-3-4-6-13(10)18/h3-6,8-9H,7H2,1-2H3,(H,20,23). The largest absolute Gasteiger partial charge is 0.332 e. The van der Waals surface area contributed by atoms with Crippen LogP contribution < -0.4 is 16.6 Å². The van der Waals surface area contributed by atoms with Crippen LogP contribution >= 0.6 is 11.6 Å². The fourth-order valence-corrected chi connectivity index (χ4v) is 2.76. The second-order valence-electron chi connectivity index (χ2n) is 5.62. The van der Waals surface area contributed by atoms with Gasteiger partial charge in [0, 0.05) is 19.1 Å². The molecule has 0 aliphatic heterocycles. The quantitative estimate of drug-likeness (QED) is 0.768. The van der Waals surface area contributed by atoms with Crippen molar-refractivity contribution < 1.29 is 4.79 Å². The zero-order chi connectivity index (χ0) is 18.1. The van der Waals surface area contributed by atoms with Gasteiger partial charge in [-0.15, -0.1) is 0 Å². The Labute approximate surface area is 147 Å². The minimum absolute atomic E-state index is 0.100. The Morgan fingerprint density at radius 2 is 1.92 bits per heavy atom. The first-order valence-electron chi connectivity index (χ1n) is 7.47. The number of nitrogens with zero attached hydrogens (tertiary/aromatic N) is 3. The van der Waals surface area contributed by atoms with E-state index in [2.05, 4.69) is 10.3 Å². The lowest BCUT2D eigenvalue weighted by Gasteiger charge is -2.09. The number of fused-ring (bicyclic) bond motifs is 1. The Morgan fingerprint density at radius 3 is 2.64 bits per heavy atom. The van der Waals surface area contributed by atoms with E-state index < -0.39 is 11.2 Å². The SMILES string of the molecule is Cn1c(=O)c2cc(NC(=O)Cc3ccccc3Cl)cnc2n(C)c1=O. The van der Waals surface area contributed by atoms with Gasteiger partial charge in [-0.2, -0.15) is 0 Å². The summed E-state index contributed by atoms with van der Waals surface area (Å²) in [6, 6.07) is 8.58. The zero-order valence-electron chi connectivity index (χ0n) is 13.6. The number of rotatable bonds is 3. The molecule has 0 radical (unpaired) electrons. The summed E-state index contributed by atoms with van der Waals surface area (Å²) in [5.74, 6) is -0.282. The third-order valence-corrected chi connectivity index (χ3v) is 4.25. The van der Waals surface area contributed by atoms with Crippen LogP contribution in [0.25, 0.3) is 11.0 Å². The van der Waals surface area contributed by atoms with Gasteiger partial charge in [-0.3, -0.25) is 18.7 Å². The summed E-state index contributed by atoms with van der Waals surface area (Å²) in [5.41, 5.74) is 0.416. The molecule has 0 unspecified atom stereocenters. The van der Waals surface area contributed by atoms with Crippen LogP contribution in [0.4, 0.5) is 5.69 Å². The van der Waals surface area contributed by atoms with Gasteiger partial charge in [0.15, 0.2) is 0 Å². The van der Waals surface area contributed by atoms with E-state index in [0.717, 1.165) is 4.57 Å². The number of amides is 1. The van der Waals surface area contributed by atoms with Gasteiger partial charge >= 0.3 is 5.69 Å². The van der Waals surface area contributed by atoms with Crippen molar-refractivity contribution in [2.45, 2.75) is 6.42 Å². The highest BCUT2D eigenvalue weighted by Crippen LogP contribution is 2.17. The van der Waals surface area contributed by atoms with Gasteiger partial charge in [0.05, 0.1) is 23.7 Å². The molecule has 0 saturated carbocycles. The third kappa shape index (κ3) is 3.18. The Kier molecular flexibility index (Phi) is 4.41. The maximum atomic E-state index is 12.3. The van der Waals surface area contributed by atoms with Gasteiger partial charge in [-0.25, -0.2) is 9.78 Å². The molecule has 0 aliphatic carbocycles. The lowest BCUT2D eigenvalue weighted by atomic mass is 10.1. The molecular formula is C17H15ClN4O3. The number of hydrogen-bond donors (Lipinski definition) is 1. The number of nitrogens with one attached hydrogen (secondary N) is 1. The van der Waals surface area contributed by atoms with Crippen molar-refractivity contribution in [1.82, 2.24) is 14.1 Å². The molecule has 1 amide bonds. The molecule has 1 N–H and O–H groups in total. The number of benzene rings is 1. The molecule has 0 spiro atoms. The number of carbonyl (C=O) groups is 1. The fraction of sp³-hybridized carbons (Fsp3) is 0.176. The van der Waals surface area contributed by atoms with Gasteiger partial charge in [0.2, 0.25) is 5.91 Å². The molecule has 8 heteroatoms. The number of aromatic nitrogens is 3. The monoisotopic (exact) mass is 358 g/mol. The molecule has 0 fully saturated rings. The van der Waals surface area contributed by atoms with E-state index in [1.165, 1.54) is 30.9 Å². The number of halogens is 1. The second kappa shape index (κ2) is 6.52. The minimum Gasteiger partial charge on any atom is -0.324 e. The fourth-order valence-electron chi connectivity index (χ4n) is 2.55. The number of aryl methyl sites for hydroxylation is 1. The van der Waals surface area contributed by atoms with E-state index in [0.29, 0.717) is 16.3 Å². The van der Waals surface area contributed by atoms with Crippen molar-refractivity contribution in [2.24, 2.45) is 14.1 Å². The average molecular weight is 359 g/mol. The highest BCUT2D eigenvalue weighted by molar-refractivity contribution is 6.31. The molecule has 3 aromatic rings. The van der Waals surface area contributed by atoms with Crippen molar-refractivity contribution in [3.63, 3.8) is 0 Å². The van der Waals surface area contributed by atoms with Crippen LogP contribution in [0.2, 0.25) is 5.02 Å². The lowest BCUT2D eigenvalue weighted by molar-refractivity contribution is -0.115. The van der Waals surface area contributed by atoms with Crippen molar-refractivity contribution in [1.29, 1.82) is 0 Å². The van der Waals surface area contributed by atoms with Gasteiger partial charge in [-0.05, 0) is 17.7 Å². The summed E-state index contributed by atoms with van der Waals surface area (Å²) in [6.07, 6.45) is 1.51. The first-order valence-corrected chi connectivity index (χ1v) is 7.85. The summed E-state index contributed by atoms with van der Waals surface area (Å²) in [7, 11) is 2.93. The zero-order valence-corrected chi connectivity index (χ0v) is 14.4. The van der Waals surface area contributed by atoms with Crippen molar-refractivity contribution in [3.05, 3.63) is 68.0 Å².